The Hall–Kier alpha value is -4.46. The number of amides is 3. The second-order valence-electron chi connectivity index (χ2n) is 8.94. The predicted molar refractivity (Wildman–Crippen MR) is 137 cm³/mol. The lowest BCUT2D eigenvalue weighted by atomic mass is 9.91. The third-order valence-corrected chi connectivity index (χ3v) is 6.25. The van der Waals surface area contributed by atoms with Gasteiger partial charge in [0.2, 0.25) is 5.91 Å². The topological polar surface area (TPSA) is 105 Å². The largest absolute Gasteiger partial charge is 0.455 e. The number of hydrogen-bond donors (Lipinski definition) is 2. The Balaban J connectivity index is 1.32. The first-order valence-electron chi connectivity index (χ1n) is 12.1. The number of esters is 1. The number of ether oxygens (including phenoxy) is 1. The van der Waals surface area contributed by atoms with Gasteiger partial charge >= 0.3 is 5.97 Å². The maximum atomic E-state index is 13.3. The summed E-state index contributed by atoms with van der Waals surface area (Å²) < 4.78 is 5.17. The minimum Gasteiger partial charge on any atom is -0.455 e. The van der Waals surface area contributed by atoms with E-state index in [1.54, 1.807) is 0 Å². The molecule has 0 aliphatic carbocycles. The lowest BCUT2D eigenvalue weighted by Gasteiger charge is -2.23. The zero-order chi connectivity index (χ0) is 26.2. The van der Waals surface area contributed by atoms with Crippen LogP contribution >= 0.6 is 0 Å². The van der Waals surface area contributed by atoms with Crippen molar-refractivity contribution in [2.45, 2.75) is 25.3 Å². The lowest BCUT2D eigenvalue weighted by Crippen LogP contribution is -2.45. The molecule has 8 heteroatoms. The number of nitrogens with zero attached hydrogens (tertiary/aromatic N) is 1. The van der Waals surface area contributed by atoms with Crippen molar-refractivity contribution in [3.05, 3.63) is 108 Å². The maximum absolute atomic E-state index is 13.3. The number of benzene rings is 3. The molecule has 4 rings (SSSR count). The standard InChI is InChI=1S/C29H29N3O5/c1-20(21-11-5-2-6-12-21)30-25(33)19-37-29(36)24-17-26(34)32(18-24)31-28(35)27(22-13-7-3-8-14-22)23-15-9-4-10-16-23/h2-16,20,24,27H,17-19H2,1H3,(H,30,33)(H,31,35)/t20-,24+/m0/s1. The van der Waals surface area contributed by atoms with Gasteiger partial charge in [0.15, 0.2) is 6.61 Å². The highest BCUT2D eigenvalue weighted by Crippen LogP contribution is 2.26. The van der Waals surface area contributed by atoms with Gasteiger partial charge in [0, 0.05) is 6.42 Å². The second-order valence-corrected chi connectivity index (χ2v) is 8.94. The van der Waals surface area contributed by atoms with Crippen LogP contribution in [0, 0.1) is 5.92 Å². The molecular weight excluding hydrogens is 470 g/mol. The Labute approximate surface area is 215 Å². The van der Waals surface area contributed by atoms with E-state index < -0.39 is 36.2 Å². The number of rotatable bonds is 9. The van der Waals surface area contributed by atoms with E-state index in [9.17, 15) is 19.2 Å². The molecule has 2 N–H and O–H groups in total. The molecule has 3 aromatic carbocycles. The molecule has 1 saturated heterocycles. The molecule has 2 atom stereocenters. The third kappa shape index (κ3) is 6.61. The molecule has 0 spiro atoms. The van der Waals surface area contributed by atoms with Gasteiger partial charge in [-0.1, -0.05) is 91.0 Å². The lowest BCUT2D eigenvalue weighted by molar-refractivity contribution is -0.152. The normalized spacial score (nSPS) is 15.8. The molecule has 1 aliphatic rings. The Bertz CT molecular complexity index is 1190. The van der Waals surface area contributed by atoms with Crippen LogP contribution in [0.5, 0.6) is 0 Å². The van der Waals surface area contributed by atoms with E-state index in [1.807, 2.05) is 97.9 Å². The van der Waals surface area contributed by atoms with Crippen molar-refractivity contribution in [1.82, 2.24) is 15.8 Å². The number of carbonyl (C=O) groups is 4. The van der Waals surface area contributed by atoms with Crippen LogP contribution in [0.15, 0.2) is 91.0 Å². The van der Waals surface area contributed by atoms with Crippen LogP contribution < -0.4 is 10.7 Å². The van der Waals surface area contributed by atoms with E-state index in [2.05, 4.69) is 10.7 Å². The van der Waals surface area contributed by atoms with Crippen molar-refractivity contribution >= 4 is 23.7 Å². The highest BCUT2D eigenvalue weighted by atomic mass is 16.5. The molecule has 3 amide bonds. The molecule has 0 saturated carbocycles. The fourth-order valence-electron chi connectivity index (χ4n) is 4.32. The molecule has 0 radical (unpaired) electrons. The van der Waals surface area contributed by atoms with Gasteiger partial charge < -0.3 is 10.1 Å². The summed E-state index contributed by atoms with van der Waals surface area (Å²) in [6, 6.07) is 27.7. The summed E-state index contributed by atoms with van der Waals surface area (Å²) in [6.07, 6.45) is -0.109. The van der Waals surface area contributed by atoms with E-state index in [0.29, 0.717) is 0 Å². The van der Waals surface area contributed by atoms with E-state index in [-0.39, 0.29) is 24.9 Å². The average Bonchev–Trinajstić information content (AvgIpc) is 3.29. The molecule has 3 aromatic rings. The molecule has 37 heavy (non-hydrogen) atoms. The second kappa shape index (κ2) is 12.0. The van der Waals surface area contributed by atoms with Gasteiger partial charge in [-0.3, -0.25) is 29.6 Å². The molecule has 8 nitrogen and oxygen atoms in total. The Morgan fingerprint density at radius 2 is 1.38 bits per heavy atom. The summed E-state index contributed by atoms with van der Waals surface area (Å²) >= 11 is 0. The van der Waals surface area contributed by atoms with Crippen LogP contribution in [0.1, 0.15) is 42.0 Å². The van der Waals surface area contributed by atoms with Crippen LogP contribution in [0.2, 0.25) is 0 Å². The maximum Gasteiger partial charge on any atom is 0.311 e. The number of hydrogen-bond acceptors (Lipinski definition) is 5. The molecule has 190 valence electrons. The molecule has 0 bridgehead atoms. The summed E-state index contributed by atoms with van der Waals surface area (Å²) in [4.78, 5) is 50.7. The fraction of sp³-hybridized carbons (Fsp3) is 0.241. The quantitative estimate of drug-likeness (QED) is 0.440. The summed E-state index contributed by atoms with van der Waals surface area (Å²) in [5.41, 5.74) is 5.17. The summed E-state index contributed by atoms with van der Waals surface area (Å²) in [6.45, 7) is 1.36. The van der Waals surface area contributed by atoms with Crippen LogP contribution in [-0.2, 0) is 23.9 Å². The van der Waals surface area contributed by atoms with Crippen molar-refractivity contribution in [2.24, 2.45) is 5.92 Å². The van der Waals surface area contributed by atoms with Crippen LogP contribution in [0.25, 0.3) is 0 Å². The zero-order valence-corrected chi connectivity index (χ0v) is 20.5. The number of nitrogens with one attached hydrogen (secondary N) is 2. The smallest absolute Gasteiger partial charge is 0.311 e. The fourth-order valence-corrected chi connectivity index (χ4v) is 4.32. The molecule has 1 fully saturated rings. The van der Waals surface area contributed by atoms with E-state index in [1.165, 1.54) is 0 Å². The third-order valence-electron chi connectivity index (χ3n) is 6.25. The van der Waals surface area contributed by atoms with Crippen LogP contribution in [0.4, 0.5) is 0 Å². The van der Waals surface area contributed by atoms with Gasteiger partial charge in [0.25, 0.3) is 11.8 Å². The predicted octanol–water partition coefficient (Wildman–Crippen LogP) is 3.12. The van der Waals surface area contributed by atoms with Crippen molar-refractivity contribution in [1.29, 1.82) is 0 Å². The van der Waals surface area contributed by atoms with Gasteiger partial charge in [-0.15, -0.1) is 0 Å². The van der Waals surface area contributed by atoms with Crippen molar-refractivity contribution < 1.29 is 23.9 Å². The first kappa shape index (κ1) is 25.6. The van der Waals surface area contributed by atoms with E-state index in [4.69, 9.17) is 4.74 Å². The van der Waals surface area contributed by atoms with Gasteiger partial charge in [0.05, 0.1) is 24.4 Å². The van der Waals surface area contributed by atoms with Crippen molar-refractivity contribution in [3.63, 3.8) is 0 Å². The summed E-state index contributed by atoms with van der Waals surface area (Å²) in [5, 5.41) is 3.94. The molecule has 0 aromatic heterocycles. The highest BCUT2D eigenvalue weighted by Gasteiger charge is 2.37. The molecular formula is C29H29N3O5. The van der Waals surface area contributed by atoms with Gasteiger partial charge in [-0.05, 0) is 23.6 Å². The molecule has 1 aliphatic heterocycles. The number of carbonyl (C=O) groups excluding carboxylic acids is 4. The zero-order valence-electron chi connectivity index (χ0n) is 20.5. The van der Waals surface area contributed by atoms with Gasteiger partial charge in [-0.25, -0.2) is 0 Å². The van der Waals surface area contributed by atoms with Gasteiger partial charge in [0.1, 0.15) is 0 Å². The van der Waals surface area contributed by atoms with Crippen molar-refractivity contribution in [3.8, 4) is 0 Å². The van der Waals surface area contributed by atoms with E-state index in [0.717, 1.165) is 21.7 Å². The highest BCUT2D eigenvalue weighted by molar-refractivity contribution is 5.92. The van der Waals surface area contributed by atoms with Crippen molar-refractivity contribution in [2.75, 3.05) is 13.2 Å². The first-order valence-corrected chi connectivity index (χ1v) is 12.1. The Morgan fingerprint density at radius 1 is 0.865 bits per heavy atom. The van der Waals surface area contributed by atoms with Crippen LogP contribution in [-0.4, -0.2) is 41.9 Å². The minimum atomic E-state index is -0.779. The van der Waals surface area contributed by atoms with Crippen LogP contribution in [0.3, 0.4) is 0 Å². The Morgan fingerprint density at radius 3 is 1.92 bits per heavy atom. The monoisotopic (exact) mass is 499 g/mol. The average molecular weight is 500 g/mol. The Kier molecular flexibility index (Phi) is 8.30. The molecule has 1 heterocycles. The SMILES string of the molecule is C[C@H](NC(=O)COC(=O)[C@@H]1CC(=O)N(NC(=O)C(c2ccccc2)c2ccccc2)C1)c1ccccc1. The minimum absolute atomic E-state index is 0.0260. The first-order chi connectivity index (χ1) is 17.9. The van der Waals surface area contributed by atoms with E-state index >= 15 is 0 Å². The van der Waals surface area contributed by atoms with Gasteiger partial charge in [-0.2, -0.15) is 0 Å². The molecule has 0 unspecified atom stereocenters. The number of hydrazine groups is 1. The summed E-state index contributed by atoms with van der Waals surface area (Å²) in [5.74, 6) is -3.27. The summed E-state index contributed by atoms with van der Waals surface area (Å²) in [7, 11) is 0.